The van der Waals surface area contributed by atoms with Crippen molar-refractivity contribution >= 4 is 22.5 Å². The van der Waals surface area contributed by atoms with Crippen LogP contribution in [0.3, 0.4) is 0 Å². The number of rotatable bonds is 7. The van der Waals surface area contributed by atoms with Crippen molar-refractivity contribution in [2.45, 2.75) is 53.4 Å². The Bertz CT molecular complexity index is 601. The lowest BCUT2D eigenvalue weighted by atomic mass is 9.60. The Kier molecular flexibility index (Phi) is 6.79. The van der Waals surface area contributed by atoms with Gasteiger partial charge in [0.05, 0.1) is 0 Å². The van der Waals surface area contributed by atoms with Crippen LogP contribution < -0.4 is 5.32 Å². The zero-order chi connectivity index (χ0) is 19.3. The van der Waals surface area contributed by atoms with E-state index in [-0.39, 0.29) is 17.1 Å². The number of alkyl carbamates (subject to hydrolysis) is 1. The Morgan fingerprint density at radius 3 is 2.12 bits per heavy atom. The monoisotopic (exact) mass is 367 g/mol. The second-order valence-corrected chi connectivity index (χ2v) is 7.72. The van der Waals surface area contributed by atoms with Gasteiger partial charge in [0.2, 0.25) is 5.72 Å². The highest BCUT2D eigenvalue weighted by Gasteiger charge is 2.60. The summed E-state index contributed by atoms with van der Waals surface area (Å²) in [5.41, 5.74) is -2.31. The molecule has 0 aliphatic carbocycles. The third-order valence-corrected chi connectivity index (χ3v) is 5.85. The first kappa shape index (κ1) is 21.2. The lowest BCUT2D eigenvalue weighted by Gasteiger charge is -2.52. The van der Waals surface area contributed by atoms with Gasteiger partial charge in [-0.15, -0.1) is 0 Å². The van der Waals surface area contributed by atoms with Crippen molar-refractivity contribution in [2.24, 2.45) is 10.8 Å². The largest absolute Gasteiger partial charge is 0.478 e. The van der Waals surface area contributed by atoms with Gasteiger partial charge in [-0.1, -0.05) is 65.0 Å². The first-order chi connectivity index (χ1) is 11.5. The normalized spacial score (nSPS) is 16.5. The predicted molar refractivity (Wildman–Crippen MR) is 99.0 cm³/mol. The lowest BCUT2D eigenvalue weighted by molar-refractivity contribution is -0.186. The van der Waals surface area contributed by atoms with E-state index in [1.54, 1.807) is 0 Å². The van der Waals surface area contributed by atoms with E-state index >= 15 is 0 Å². The van der Waals surface area contributed by atoms with Crippen LogP contribution in [-0.4, -0.2) is 33.4 Å². The Morgan fingerprint density at radius 2 is 1.72 bits per heavy atom. The molecule has 0 aromatic heterocycles. The number of carbonyl (C=O) groups is 2. The Morgan fingerprint density at radius 1 is 1.16 bits per heavy atom. The first-order valence-corrected chi connectivity index (χ1v) is 9.13. The maximum atomic E-state index is 12.3. The Hall–Kier alpha value is -1.86. The number of amides is 1. The standard InChI is InChI=1S/C18H29NO5Si/c1-6-17(5,16(2,3)4)18(24-25,14(20)21)19-15(22)23-12-13-10-8-7-9-11-13/h7-11H,6,12H2,1-5,25H3,(H,19,22)(H,20,21)/t17-,18-/m1/s1. The molecule has 2 atom stereocenters. The van der Waals surface area contributed by atoms with Crippen molar-refractivity contribution in [3.63, 3.8) is 0 Å². The smallest absolute Gasteiger partial charge is 0.410 e. The first-order valence-electron chi connectivity index (χ1n) is 8.31. The molecule has 0 bridgehead atoms. The van der Waals surface area contributed by atoms with Gasteiger partial charge in [0.15, 0.2) is 0 Å². The number of carboxylic acid groups (broad SMARTS) is 1. The van der Waals surface area contributed by atoms with E-state index in [1.807, 2.05) is 65.0 Å². The van der Waals surface area contributed by atoms with Crippen LogP contribution in [0.4, 0.5) is 4.79 Å². The lowest BCUT2D eigenvalue weighted by Crippen LogP contribution is -2.68. The van der Waals surface area contributed by atoms with Crippen molar-refractivity contribution in [1.29, 1.82) is 0 Å². The molecule has 0 saturated heterocycles. The second kappa shape index (κ2) is 8.01. The Labute approximate surface area is 152 Å². The summed E-state index contributed by atoms with van der Waals surface area (Å²) in [7, 11) is 0.147. The van der Waals surface area contributed by atoms with Crippen LogP contribution in [0.25, 0.3) is 0 Å². The van der Waals surface area contributed by atoms with E-state index in [4.69, 9.17) is 9.16 Å². The maximum Gasteiger partial charge on any atom is 0.410 e. The third kappa shape index (κ3) is 4.22. The van der Waals surface area contributed by atoms with Crippen LogP contribution in [0.5, 0.6) is 0 Å². The molecule has 0 saturated carbocycles. The minimum Gasteiger partial charge on any atom is -0.478 e. The maximum absolute atomic E-state index is 12.3. The highest BCUT2D eigenvalue weighted by Crippen LogP contribution is 2.49. The summed E-state index contributed by atoms with van der Waals surface area (Å²) in [5.74, 6) is -1.22. The zero-order valence-electron chi connectivity index (χ0n) is 15.9. The van der Waals surface area contributed by atoms with Crippen molar-refractivity contribution in [3.05, 3.63) is 35.9 Å². The SMILES string of the molecule is CC[C@](C)(C(C)(C)C)[C@](NC(=O)OCc1ccccc1)(O[SiH3])C(=O)O. The van der Waals surface area contributed by atoms with Gasteiger partial charge in [0.25, 0.3) is 0 Å². The van der Waals surface area contributed by atoms with Gasteiger partial charge in [0, 0.05) is 5.41 Å². The van der Waals surface area contributed by atoms with Crippen molar-refractivity contribution < 1.29 is 23.9 Å². The summed E-state index contributed by atoms with van der Waals surface area (Å²) in [6.07, 6.45) is -0.310. The molecule has 0 unspecified atom stereocenters. The average molecular weight is 368 g/mol. The quantitative estimate of drug-likeness (QED) is 0.571. The van der Waals surface area contributed by atoms with E-state index in [2.05, 4.69) is 5.32 Å². The van der Waals surface area contributed by atoms with Gasteiger partial charge < -0.3 is 14.3 Å². The highest BCUT2D eigenvalue weighted by molar-refractivity contribution is 6.01. The molecule has 1 rings (SSSR count). The fourth-order valence-electron chi connectivity index (χ4n) is 3.00. The average Bonchev–Trinajstić information content (AvgIpc) is 2.56. The van der Waals surface area contributed by atoms with E-state index in [0.29, 0.717) is 6.42 Å². The third-order valence-electron chi connectivity index (χ3n) is 5.24. The molecule has 0 aliphatic rings. The van der Waals surface area contributed by atoms with Crippen LogP contribution in [0.2, 0.25) is 0 Å². The molecule has 0 aliphatic heterocycles. The van der Waals surface area contributed by atoms with E-state index in [1.165, 1.54) is 0 Å². The van der Waals surface area contributed by atoms with Gasteiger partial charge >= 0.3 is 12.1 Å². The summed E-state index contributed by atoms with van der Waals surface area (Å²) in [4.78, 5) is 24.5. The van der Waals surface area contributed by atoms with Crippen molar-refractivity contribution in [1.82, 2.24) is 5.32 Å². The topological polar surface area (TPSA) is 84.9 Å². The van der Waals surface area contributed by atoms with Crippen LogP contribution >= 0.6 is 0 Å². The van der Waals surface area contributed by atoms with E-state index in [9.17, 15) is 14.7 Å². The molecule has 6 nitrogen and oxygen atoms in total. The molecular weight excluding hydrogens is 338 g/mol. The minimum atomic E-state index is -1.85. The highest BCUT2D eigenvalue weighted by atomic mass is 28.2. The van der Waals surface area contributed by atoms with Gasteiger partial charge in [-0.05, 0) is 17.4 Å². The zero-order valence-corrected chi connectivity index (χ0v) is 17.9. The fraction of sp³-hybridized carbons (Fsp3) is 0.556. The molecule has 1 amide bonds. The van der Waals surface area contributed by atoms with Crippen LogP contribution in [0.1, 0.15) is 46.6 Å². The molecular formula is C18H29NO5Si. The molecule has 2 N–H and O–H groups in total. The summed E-state index contributed by atoms with van der Waals surface area (Å²) >= 11 is 0. The molecule has 25 heavy (non-hydrogen) atoms. The van der Waals surface area contributed by atoms with Crippen molar-refractivity contribution in [3.8, 4) is 0 Å². The summed E-state index contributed by atoms with van der Waals surface area (Å²) < 4.78 is 10.7. The number of hydrogen-bond acceptors (Lipinski definition) is 4. The minimum absolute atomic E-state index is 0.0574. The molecule has 1 aromatic rings. The van der Waals surface area contributed by atoms with E-state index < -0.39 is 28.6 Å². The number of ether oxygens (including phenoxy) is 1. The molecule has 0 heterocycles. The molecule has 0 spiro atoms. The molecule has 140 valence electrons. The molecule has 0 fully saturated rings. The van der Waals surface area contributed by atoms with Gasteiger partial charge in [-0.25, -0.2) is 9.59 Å². The van der Waals surface area contributed by atoms with Crippen LogP contribution in [-0.2, 0) is 20.6 Å². The van der Waals surface area contributed by atoms with Crippen molar-refractivity contribution in [2.75, 3.05) is 0 Å². The van der Waals surface area contributed by atoms with Gasteiger partial charge in [-0.2, -0.15) is 0 Å². The predicted octanol–water partition coefficient (Wildman–Crippen LogP) is 2.45. The number of aliphatic carboxylic acids is 1. The van der Waals surface area contributed by atoms with Crippen LogP contribution in [0.15, 0.2) is 30.3 Å². The fourth-order valence-corrected chi connectivity index (χ4v) is 3.73. The molecule has 1 aromatic carbocycles. The number of carboxylic acids is 1. The van der Waals surface area contributed by atoms with Crippen LogP contribution in [0, 0.1) is 10.8 Å². The molecule has 0 radical (unpaired) electrons. The summed E-state index contributed by atoms with van der Waals surface area (Å²) in [6.45, 7) is 9.57. The number of hydrogen-bond donors (Lipinski definition) is 2. The Balaban J connectivity index is 3.06. The number of nitrogens with one attached hydrogen (secondary N) is 1. The van der Waals surface area contributed by atoms with Gasteiger partial charge in [-0.3, -0.25) is 5.32 Å². The number of benzene rings is 1. The summed E-state index contributed by atoms with van der Waals surface area (Å²) in [5, 5.41) is 12.4. The molecule has 7 heteroatoms. The summed E-state index contributed by atoms with van der Waals surface area (Å²) in [6, 6.07) is 9.20. The van der Waals surface area contributed by atoms with Gasteiger partial charge in [0.1, 0.15) is 17.1 Å². The number of carbonyl (C=O) groups excluding carboxylic acids is 1. The second-order valence-electron chi connectivity index (χ2n) is 7.31. The van der Waals surface area contributed by atoms with E-state index in [0.717, 1.165) is 5.56 Å².